The first-order valence-corrected chi connectivity index (χ1v) is 18.8. The molecule has 0 aliphatic heterocycles. The number of amides is 1. The van der Waals surface area contributed by atoms with Crippen LogP contribution in [0.2, 0.25) is 0 Å². The number of aliphatic carboxylic acids is 1. The van der Waals surface area contributed by atoms with Gasteiger partial charge in [0, 0.05) is 41.4 Å². The topological polar surface area (TPSA) is 139 Å². The van der Waals surface area contributed by atoms with E-state index in [2.05, 4.69) is 22.2 Å². The summed E-state index contributed by atoms with van der Waals surface area (Å²) in [6.07, 6.45) is 8.88. The highest BCUT2D eigenvalue weighted by Crippen LogP contribution is 2.25. The molecule has 1 heterocycles. The largest absolute Gasteiger partial charge is 0.494 e. The van der Waals surface area contributed by atoms with Crippen molar-refractivity contribution in [3.05, 3.63) is 138 Å². The Morgan fingerprint density at radius 2 is 1.35 bits per heavy atom. The summed E-state index contributed by atoms with van der Waals surface area (Å²) in [6, 6.07) is 29.3. The minimum atomic E-state index is -1.61. The van der Waals surface area contributed by atoms with Gasteiger partial charge in [-0.1, -0.05) is 131 Å². The van der Waals surface area contributed by atoms with Crippen LogP contribution in [-0.4, -0.2) is 50.5 Å². The lowest BCUT2D eigenvalue weighted by atomic mass is 9.90. The lowest BCUT2D eigenvalue weighted by Gasteiger charge is -2.24. The number of unbranched alkanes of at least 4 members (excludes halogenated alkanes) is 4. The summed E-state index contributed by atoms with van der Waals surface area (Å²) >= 11 is 0. The fourth-order valence-corrected chi connectivity index (χ4v) is 6.25. The third kappa shape index (κ3) is 11.2. The Bertz CT molecular complexity index is 1930. The van der Waals surface area contributed by atoms with Gasteiger partial charge in [-0.25, -0.2) is 14.8 Å². The molecule has 0 aliphatic rings. The second kappa shape index (κ2) is 20.0. The maximum atomic E-state index is 13.7. The highest BCUT2D eigenvalue weighted by atomic mass is 16.5. The summed E-state index contributed by atoms with van der Waals surface area (Å²) < 4.78 is 5.90. The molecule has 0 aliphatic carbocycles. The molecule has 9 nitrogen and oxygen atoms in total. The predicted molar refractivity (Wildman–Crippen MR) is 210 cm³/mol. The second-order valence-electron chi connectivity index (χ2n) is 13.5. The van der Waals surface area contributed by atoms with Gasteiger partial charge in [0.1, 0.15) is 11.9 Å². The summed E-state index contributed by atoms with van der Waals surface area (Å²) in [5.41, 5.74) is 5.31. The van der Waals surface area contributed by atoms with Crippen LogP contribution in [0.5, 0.6) is 5.75 Å². The molecule has 0 radical (unpaired) electrons. The summed E-state index contributed by atoms with van der Waals surface area (Å²) in [4.78, 5) is 48.6. The van der Waals surface area contributed by atoms with Gasteiger partial charge in [-0.15, -0.1) is 0 Å². The van der Waals surface area contributed by atoms with Gasteiger partial charge in [0.05, 0.1) is 6.61 Å². The standard InChI is InChI=1S/C45H49N3O6/c1-3-5-6-7-11-26-54-39-24-22-33(23-25-39)38-29-46-43(47-30-38)36-20-16-32(17-21-36)27-37(28-40(49)34-18-14-31(4-2)15-19-34)44(51)48-41(45(52)53)42(50)35-12-9-8-10-13-35/h8-10,12-25,29-30,37,41-42,50H,3-7,11,26-28H2,1-2H3,(H,48,51)(H,52,53)/t37-,41?,42?/m1/s1. The number of ketones is 1. The van der Waals surface area contributed by atoms with Crippen LogP contribution in [0, 0.1) is 5.92 Å². The molecule has 1 amide bonds. The molecule has 54 heavy (non-hydrogen) atoms. The van der Waals surface area contributed by atoms with E-state index in [1.54, 1.807) is 54.9 Å². The zero-order valence-electron chi connectivity index (χ0n) is 31.0. The van der Waals surface area contributed by atoms with Crippen molar-refractivity contribution < 1.29 is 29.3 Å². The van der Waals surface area contributed by atoms with Crippen molar-refractivity contribution >= 4 is 17.7 Å². The van der Waals surface area contributed by atoms with Crippen molar-refractivity contribution in [1.82, 2.24) is 15.3 Å². The highest BCUT2D eigenvalue weighted by molar-refractivity contribution is 5.99. The van der Waals surface area contributed by atoms with Gasteiger partial charge in [0.15, 0.2) is 17.6 Å². The Morgan fingerprint density at radius 3 is 1.98 bits per heavy atom. The third-order valence-electron chi connectivity index (χ3n) is 9.56. The molecule has 2 unspecified atom stereocenters. The van der Waals surface area contributed by atoms with Gasteiger partial charge in [0.2, 0.25) is 5.91 Å². The van der Waals surface area contributed by atoms with E-state index in [4.69, 9.17) is 4.74 Å². The molecule has 1 aromatic heterocycles. The molecule has 0 spiro atoms. The van der Waals surface area contributed by atoms with Gasteiger partial charge >= 0.3 is 5.97 Å². The third-order valence-corrected chi connectivity index (χ3v) is 9.56. The number of carboxylic acids is 1. The first-order valence-electron chi connectivity index (χ1n) is 18.8. The number of hydrogen-bond acceptors (Lipinski definition) is 7. The van der Waals surface area contributed by atoms with Crippen LogP contribution in [0.3, 0.4) is 0 Å². The van der Waals surface area contributed by atoms with Crippen LogP contribution >= 0.6 is 0 Å². The maximum Gasteiger partial charge on any atom is 0.329 e. The molecule has 0 bridgehead atoms. The smallest absolute Gasteiger partial charge is 0.329 e. The van der Waals surface area contributed by atoms with E-state index in [1.165, 1.54) is 25.7 Å². The average molecular weight is 728 g/mol. The number of carboxylic acid groups (broad SMARTS) is 1. The number of aromatic nitrogens is 2. The summed E-state index contributed by atoms with van der Waals surface area (Å²) in [5, 5.41) is 23.4. The average Bonchev–Trinajstić information content (AvgIpc) is 3.21. The van der Waals surface area contributed by atoms with Crippen molar-refractivity contribution in [2.24, 2.45) is 5.92 Å². The van der Waals surface area contributed by atoms with E-state index in [-0.39, 0.29) is 18.6 Å². The molecule has 0 fully saturated rings. The molecular weight excluding hydrogens is 679 g/mol. The Balaban J connectivity index is 1.26. The van der Waals surface area contributed by atoms with Crippen molar-refractivity contribution in [1.29, 1.82) is 0 Å². The van der Waals surface area contributed by atoms with E-state index in [9.17, 15) is 24.6 Å². The lowest BCUT2D eigenvalue weighted by Crippen LogP contribution is -2.47. The van der Waals surface area contributed by atoms with Gasteiger partial charge in [-0.2, -0.15) is 0 Å². The molecule has 280 valence electrons. The van der Waals surface area contributed by atoms with E-state index in [1.807, 2.05) is 67.6 Å². The van der Waals surface area contributed by atoms with Crippen LogP contribution in [0.1, 0.15) is 85.5 Å². The normalized spacial score (nSPS) is 12.7. The van der Waals surface area contributed by atoms with Gasteiger partial charge in [-0.3, -0.25) is 9.59 Å². The Labute approximate surface area is 317 Å². The minimum absolute atomic E-state index is 0.149. The molecule has 3 N–H and O–H groups in total. The lowest BCUT2D eigenvalue weighted by molar-refractivity contribution is -0.146. The first-order chi connectivity index (χ1) is 26.2. The number of nitrogens with zero attached hydrogens (tertiary/aromatic N) is 2. The van der Waals surface area contributed by atoms with E-state index >= 15 is 0 Å². The number of carbonyl (C=O) groups is 3. The number of ether oxygens (including phenoxy) is 1. The SMILES string of the molecule is CCCCCCCOc1ccc(-c2cnc(-c3ccc(C[C@H](CC(=O)c4ccc(CC)cc4)C(=O)NC(C(=O)O)C(O)c4ccccc4)cc3)nc2)cc1. The van der Waals surface area contributed by atoms with E-state index in [0.29, 0.717) is 23.6 Å². The van der Waals surface area contributed by atoms with Crippen molar-refractivity contribution in [2.75, 3.05) is 6.61 Å². The number of rotatable bonds is 20. The number of hydrogen-bond donors (Lipinski definition) is 3. The quantitative estimate of drug-likeness (QED) is 0.0536. The van der Waals surface area contributed by atoms with Gasteiger partial charge in [-0.05, 0) is 53.6 Å². The predicted octanol–water partition coefficient (Wildman–Crippen LogP) is 8.46. The number of carbonyl (C=O) groups excluding carboxylic acids is 2. The summed E-state index contributed by atoms with van der Waals surface area (Å²) in [7, 11) is 0. The van der Waals surface area contributed by atoms with E-state index in [0.717, 1.165) is 46.4 Å². The van der Waals surface area contributed by atoms with Crippen LogP contribution in [0.25, 0.3) is 22.5 Å². The maximum absolute atomic E-state index is 13.7. The monoisotopic (exact) mass is 727 g/mol. The fraction of sp³-hybridized carbons (Fsp3) is 0.311. The first kappa shape index (κ1) is 39.5. The molecule has 3 atom stereocenters. The zero-order chi connectivity index (χ0) is 38.3. The van der Waals surface area contributed by atoms with E-state index < -0.39 is 29.9 Å². The molecular formula is C45H49N3O6. The molecule has 9 heteroatoms. The minimum Gasteiger partial charge on any atom is -0.494 e. The van der Waals surface area contributed by atoms with Crippen molar-refractivity contribution in [3.63, 3.8) is 0 Å². The summed E-state index contributed by atoms with van der Waals surface area (Å²) in [5.74, 6) is -1.79. The molecule has 5 aromatic rings. The Kier molecular flexibility index (Phi) is 14.6. The summed E-state index contributed by atoms with van der Waals surface area (Å²) in [6.45, 7) is 4.95. The molecule has 0 saturated heterocycles. The number of Topliss-reactive ketones (excluding diaryl/α,β-unsaturated/α-hetero) is 1. The van der Waals surface area contributed by atoms with Gasteiger partial charge in [0.25, 0.3) is 0 Å². The number of aryl methyl sites for hydroxylation is 1. The fourth-order valence-electron chi connectivity index (χ4n) is 6.25. The molecule has 4 aromatic carbocycles. The highest BCUT2D eigenvalue weighted by Gasteiger charge is 2.33. The number of aliphatic hydroxyl groups is 1. The number of benzene rings is 4. The Morgan fingerprint density at radius 1 is 0.722 bits per heavy atom. The van der Waals surface area contributed by atoms with Crippen LogP contribution in [0.15, 0.2) is 116 Å². The Hall–Kier alpha value is -5.67. The molecule has 5 rings (SSSR count). The zero-order valence-corrected chi connectivity index (χ0v) is 31.0. The van der Waals surface area contributed by atoms with Crippen LogP contribution in [-0.2, 0) is 22.4 Å². The molecule has 0 saturated carbocycles. The number of aliphatic hydroxyl groups excluding tert-OH is 1. The van der Waals surface area contributed by atoms with Crippen molar-refractivity contribution in [3.8, 4) is 28.3 Å². The van der Waals surface area contributed by atoms with Crippen LogP contribution in [0.4, 0.5) is 0 Å². The van der Waals surface area contributed by atoms with Crippen molar-refractivity contribution in [2.45, 2.75) is 77.4 Å². The van der Waals surface area contributed by atoms with Gasteiger partial charge < -0.3 is 20.3 Å². The van der Waals surface area contributed by atoms with Crippen LogP contribution < -0.4 is 10.1 Å². The second-order valence-corrected chi connectivity index (χ2v) is 13.5. The number of nitrogens with one attached hydrogen (secondary N) is 1.